The molecule has 1 aliphatic rings. The summed E-state index contributed by atoms with van der Waals surface area (Å²) in [5.74, 6) is -1.83. The van der Waals surface area contributed by atoms with Crippen LogP contribution in [0.2, 0.25) is 0 Å². The predicted octanol–water partition coefficient (Wildman–Crippen LogP) is 1.83. The first-order chi connectivity index (χ1) is 8.94. The summed E-state index contributed by atoms with van der Waals surface area (Å²) in [6.45, 7) is 0.168. The van der Waals surface area contributed by atoms with Crippen molar-refractivity contribution >= 4 is 11.7 Å². The molecular weight excluding hydrogens is 255 g/mol. The van der Waals surface area contributed by atoms with E-state index in [-0.39, 0.29) is 6.54 Å². The lowest BCUT2D eigenvalue weighted by atomic mass is 9.76. The number of nitrogens with zero attached hydrogens (tertiary/aromatic N) is 1. The van der Waals surface area contributed by atoms with Gasteiger partial charge in [-0.1, -0.05) is 6.07 Å². The number of carboxylic acids is 1. The zero-order valence-electron chi connectivity index (χ0n) is 10.1. The van der Waals surface area contributed by atoms with Gasteiger partial charge >= 0.3 is 11.7 Å². The van der Waals surface area contributed by atoms with Crippen LogP contribution in [-0.2, 0) is 11.3 Å². The number of carbonyl (C=O) groups is 1. The van der Waals surface area contributed by atoms with E-state index in [1.54, 1.807) is 0 Å². The van der Waals surface area contributed by atoms with E-state index >= 15 is 0 Å². The van der Waals surface area contributed by atoms with Crippen molar-refractivity contribution in [2.45, 2.75) is 31.3 Å². The minimum atomic E-state index is -0.932. The second-order valence-corrected chi connectivity index (χ2v) is 4.64. The fraction of sp³-hybridized carbons (Fsp3) is 0.417. The Morgan fingerprint density at radius 1 is 1.53 bits per heavy atom. The first-order valence-electron chi connectivity index (χ1n) is 5.86. The molecule has 0 atom stereocenters. The van der Waals surface area contributed by atoms with Crippen LogP contribution < -0.4 is 5.32 Å². The summed E-state index contributed by atoms with van der Waals surface area (Å²) in [7, 11) is 0. The quantitative estimate of drug-likeness (QED) is 0.627. The van der Waals surface area contributed by atoms with Crippen molar-refractivity contribution in [3.05, 3.63) is 39.7 Å². The van der Waals surface area contributed by atoms with Gasteiger partial charge in [0.25, 0.3) is 0 Å². The maximum atomic E-state index is 13.4. The molecule has 7 heteroatoms. The zero-order valence-corrected chi connectivity index (χ0v) is 10.1. The van der Waals surface area contributed by atoms with E-state index in [0.717, 1.165) is 18.6 Å². The normalized spacial score (nSPS) is 16.7. The van der Waals surface area contributed by atoms with Gasteiger partial charge in [-0.15, -0.1) is 0 Å². The lowest BCUT2D eigenvalue weighted by Gasteiger charge is -2.38. The van der Waals surface area contributed by atoms with Crippen molar-refractivity contribution < 1.29 is 19.2 Å². The molecule has 102 valence electrons. The molecule has 0 bridgehead atoms. The van der Waals surface area contributed by atoms with Gasteiger partial charge in [0.15, 0.2) is 0 Å². The molecule has 1 aromatic rings. The Hall–Kier alpha value is -2.02. The Balaban J connectivity index is 2.06. The Morgan fingerprint density at radius 2 is 2.21 bits per heavy atom. The maximum Gasteiger partial charge on any atom is 0.323 e. The van der Waals surface area contributed by atoms with E-state index in [0.29, 0.717) is 18.4 Å². The highest BCUT2D eigenvalue weighted by molar-refractivity contribution is 5.79. The summed E-state index contributed by atoms with van der Waals surface area (Å²) in [5, 5.41) is 22.5. The average Bonchev–Trinajstić information content (AvgIpc) is 2.26. The minimum Gasteiger partial charge on any atom is -0.480 e. The number of hydrogen-bond donors (Lipinski definition) is 2. The third kappa shape index (κ3) is 2.55. The number of nitro benzene ring substituents is 1. The van der Waals surface area contributed by atoms with E-state index in [1.807, 2.05) is 0 Å². The first kappa shape index (κ1) is 13.4. The summed E-state index contributed by atoms with van der Waals surface area (Å²) >= 11 is 0. The fourth-order valence-electron chi connectivity index (χ4n) is 2.08. The Kier molecular flexibility index (Phi) is 3.48. The van der Waals surface area contributed by atoms with E-state index < -0.39 is 27.9 Å². The third-order valence-corrected chi connectivity index (χ3v) is 3.46. The van der Waals surface area contributed by atoms with Gasteiger partial charge in [-0.05, 0) is 30.9 Å². The largest absolute Gasteiger partial charge is 0.480 e. The van der Waals surface area contributed by atoms with Gasteiger partial charge < -0.3 is 5.11 Å². The highest BCUT2D eigenvalue weighted by Crippen LogP contribution is 2.32. The number of halogens is 1. The maximum absolute atomic E-state index is 13.4. The second kappa shape index (κ2) is 4.93. The molecule has 0 aliphatic heterocycles. The molecule has 1 saturated carbocycles. The smallest absolute Gasteiger partial charge is 0.323 e. The highest BCUT2D eigenvalue weighted by atomic mass is 19.1. The molecule has 1 aliphatic carbocycles. The van der Waals surface area contributed by atoms with Gasteiger partial charge in [-0.3, -0.25) is 20.2 Å². The summed E-state index contributed by atoms with van der Waals surface area (Å²) in [6.07, 6.45) is 1.92. The van der Waals surface area contributed by atoms with Crippen molar-refractivity contribution in [1.82, 2.24) is 5.32 Å². The number of carboxylic acid groups (broad SMARTS) is 1. The van der Waals surface area contributed by atoms with E-state index in [1.165, 1.54) is 6.07 Å². The molecule has 2 N–H and O–H groups in total. The molecule has 0 radical (unpaired) electrons. The van der Waals surface area contributed by atoms with Crippen molar-refractivity contribution in [2.24, 2.45) is 0 Å². The molecule has 0 heterocycles. The summed E-state index contributed by atoms with van der Waals surface area (Å²) in [6, 6.07) is 3.56. The van der Waals surface area contributed by atoms with Gasteiger partial charge in [-0.2, -0.15) is 4.39 Å². The van der Waals surface area contributed by atoms with Gasteiger partial charge in [0, 0.05) is 12.6 Å². The minimum absolute atomic E-state index is 0.168. The molecule has 0 saturated heterocycles. The fourth-order valence-corrected chi connectivity index (χ4v) is 2.08. The standard InChI is InChI=1S/C12H13FN2O4/c13-9-6-8(2-3-10(9)15(18)19)7-14-12(11(16)17)4-1-5-12/h2-3,6,14H,1,4-5,7H2,(H,16,17). The number of hydrogen-bond acceptors (Lipinski definition) is 4. The lowest BCUT2D eigenvalue weighted by Crippen LogP contribution is -2.56. The Labute approximate surface area is 108 Å². The Bertz CT molecular complexity index is 528. The van der Waals surface area contributed by atoms with E-state index in [9.17, 15) is 19.3 Å². The number of aliphatic carboxylic acids is 1. The highest BCUT2D eigenvalue weighted by Gasteiger charge is 2.43. The van der Waals surface area contributed by atoms with Gasteiger partial charge in [-0.25, -0.2) is 0 Å². The summed E-state index contributed by atoms with van der Waals surface area (Å²) < 4.78 is 13.4. The second-order valence-electron chi connectivity index (χ2n) is 4.64. The van der Waals surface area contributed by atoms with Crippen LogP contribution in [0, 0.1) is 15.9 Å². The number of nitrogens with one attached hydrogen (secondary N) is 1. The molecule has 0 spiro atoms. The average molecular weight is 268 g/mol. The van der Waals surface area contributed by atoms with Crippen LogP contribution in [0.25, 0.3) is 0 Å². The van der Waals surface area contributed by atoms with Gasteiger partial charge in [0.2, 0.25) is 5.82 Å². The van der Waals surface area contributed by atoms with Crippen molar-refractivity contribution in [2.75, 3.05) is 0 Å². The molecule has 6 nitrogen and oxygen atoms in total. The topological polar surface area (TPSA) is 92.5 Å². The molecular formula is C12H13FN2O4. The molecule has 0 amide bonds. The zero-order chi connectivity index (χ0) is 14.0. The van der Waals surface area contributed by atoms with Crippen LogP contribution in [0.5, 0.6) is 0 Å². The molecule has 0 unspecified atom stereocenters. The van der Waals surface area contributed by atoms with Crippen molar-refractivity contribution in [3.63, 3.8) is 0 Å². The lowest BCUT2D eigenvalue weighted by molar-refractivity contribution is -0.387. The molecule has 1 aromatic carbocycles. The van der Waals surface area contributed by atoms with E-state index in [2.05, 4.69) is 5.32 Å². The summed E-state index contributed by atoms with van der Waals surface area (Å²) in [4.78, 5) is 20.8. The van der Waals surface area contributed by atoms with E-state index in [4.69, 9.17) is 5.11 Å². The predicted molar refractivity (Wildman–Crippen MR) is 64.1 cm³/mol. The van der Waals surface area contributed by atoms with Crippen LogP contribution >= 0.6 is 0 Å². The van der Waals surface area contributed by atoms with Crippen molar-refractivity contribution in [3.8, 4) is 0 Å². The van der Waals surface area contributed by atoms with Crippen LogP contribution in [0.15, 0.2) is 18.2 Å². The summed E-state index contributed by atoms with van der Waals surface area (Å²) in [5.41, 5.74) is -1.03. The van der Waals surface area contributed by atoms with Crippen molar-refractivity contribution in [1.29, 1.82) is 0 Å². The molecule has 0 aromatic heterocycles. The van der Waals surface area contributed by atoms with Gasteiger partial charge in [0.05, 0.1) is 4.92 Å². The van der Waals surface area contributed by atoms with Crippen LogP contribution in [0.4, 0.5) is 10.1 Å². The van der Waals surface area contributed by atoms with Crippen LogP contribution in [0.3, 0.4) is 0 Å². The molecule has 2 rings (SSSR count). The third-order valence-electron chi connectivity index (χ3n) is 3.46. The monoisotopic (exact) mass is 268 g/mol. The Morgan fingerprint density at radius 3 is 2.63 bits per heavy atom. The molecule has 1 fully saturated rings. The van der Waals surface area contributed by atoms with Crippen LogP contribution in [-0.4, -0.2) is 21.5 Å². The number of benzene rings is 1. The number of nitro groups is 1. The van der Waals surface area contributed by atoms with Crippen LogP contribution in [0.1, 0.15) is 24.8 Å². The number of rotatable bonds is 5. The first-order valence-corrected chi connectivity index (χ1v) is 5.86. The molecule has 19 heavy (non-hydrogen) atoms. The van der Waals surface area contributed by atoms with Gasteiger partial charge in [0.1, 0.15) is 5.54 Å². The SMILES string of the molecule is O=C(O)C1(NCc2ccc([N+](=O)[O-])c(F)c2)CCC1.